The highest BCUT2D eigenvalue weighted by atomic mass is 35.5. The summed E-state index contributed by atoms with van der Waals surface area (Å²) in [5, 5.41) is 0.202. The number of rotatable bonds is 3. The largest absolute Gasteiger partial charge is 0.524 e. The maximum Gasteiger partial charge on any atom is 0.524 e. The van der Waals surface area contributed by atoms with E-state index in [1.165, 1.54) is 6.07 Å². The van der Waals surface area contributed by atoms with Gasteiger partial charge >= 0.3 is 7.82 Å². The Labute approximate surface area is 86.7 Å². The molecule has 1 rings (SSSR count). The Kier molecular flexibility index (Phi) is 3.56. The topological polar surface area (TPSA) is 66.8 Å². The van der Waals surface area contributed by atoms with Crippen LogP contribution in [0.3, 0.4) is 0 Å². The van der Waals surface area contributed by atoms with Crippen LogP contribution in [0.1, 0.15) is 12.5 Å². The lowest BCUT2D eigenvalue weighted by atomic mass is 10.2. The second kappa shape index (κ2) is 4.32. The van der Waals surface area contributed by atoms with E-state index in [2.05, 4.69) is 4.52 Å². The number of aryl methyl sites for hydroxylation is 1. The molecule has 0 heterocycles. The third-order valence-corrected chi connectivity index (χ3v) is 2.35. The van der Waals surface area contributed by atoms with Crippen LogP contribution in [0.25, 0.3) is 0 Å². The zero-order chi connectivity index (χ0) is 10.8. The summed E-state index contributed by atoms with van der Waals surface area (Å²) in [5.41, 5.74) is 0.980. The summed E-state index contributed by atoms with van der Waals surface area (Å²) in [7, 11) is -4.52. The van der Waals surface area contributed by atoms with Crippen LogP contribution in [-0.2, 0) is 11.0 Å². The van der Waals surface area contributed by atoms with Gasteiger partial charge in [0.2, 0.25) is 0 Å². The van der Waals surface area contributed by atoms with Crippen LogP contribution in [0.15, 0.2) is 18.2 Å². The van der Waals surface area contributed by atoms with Crippen molar-refractivity contribution in [3.8, 4) is 5.75 Å². The van der Waals surface area contributed by atoms with Gasteiger partial charge in [-0.15, -0.1) is 0 Å². The molecule has 0 spiro atoms. The summed E-state index contributed by atoms with van der Waals surface area (Å²) in [6.07, 6.45) is 0.801. The molecule has 78 valence electrons. The van der Waals surface area contributed by atoms with Crippen molar-refractivity contribution in [1.29, 1.82) is 0 Å². The Morgan fingerprint density at radius 1 is 1.50 bits per heavy atom. The van der Waals surface area contributed by atoms with Gasteiger partial charge in [0.1, 0.15) is 5.75 Å². The molecule has 2 N–H and O–H groups in total. The molecule has 14 heavy (non-hydrogen) atoms. The number of phosphoric ester groups is 1. The van der Waals surface area contributed by atoms with Crippen LogP contribution < -0.4 is 4.52 Å². The molecule has 0 aliphatic heterocycles. The van der Waals surface area contributed by atoms with Gasteiger partial charge in [0.25, 0.3) is 0 Å². The summed E-state index contributed by atoms with van der Waals surface area (Å²) in [4.78, 5) is 17.1. The van der Waals surface area contributed by atoms with Crippen LogP contribution >= 0.6 is 19.4 Å². The molecule has 0 atom stereocenters. The van der Waals surface area contributed by atoms with E-state index in [-0.39, 0.29) is 10.8 Å². The summed E-state index contributed by atoms with van der Waals surface area (Å²) >= 11 is 5.75. The highest BCUT2D eigenvalue weighted by Crippen LogP contribution is 2.40. The number of phosphoric acid groups is 1. The van der Waals surface area contributed by atoms with Crippen molar-refractivity contribution in [2.24, 2.45) is 0 Å². The zero-order valence-electron chi connectivity index (χ0n) is 7.48. The van der Waals surface area contributed by atoms with E-state index < -0.39 is 7.82 Å². The summed E-state index contributed by atoms with van der Waals surface area (Å²) in [6, 6.07) is 4.77. The summed E-state index contributed by atoms with van der Waals surface area (Å²) in [6.45, 7) is 1.95. The molecule has 0 fully saturated rings. The highest BCUT2D eigenvalue weighted by molar-refractivity contribution is 7.46. The molecule has 0 amide bonds. The van der Waals surface area contributed by atoms with Crippen molar-refractivity contribution in [3.63, 3.8) is 0 Å². The van der Waals surface area contributed by atoms with Gasteiger partial charge in [-0.05, 0) is 24.1 Å². The summed E-state index contributed by atoms with van der Waals surface area (Å²) < 4.78 is 14.9. The first-order chi connectivity index (χ1) is 6.42. The standard InChI is InChI=1S/C8H10ClO4P/c1-2-6-3-4-8(7(9)5-6)13-14(10,11)12/h3-5H,2H2,1H3,(H2,10,11,12). The Bertz CT molecular complexity index is 374. The van der Waals surface area contributed by atoms with E-state index in [4.69, 9.17) is 21.4 Å². The third kappa shape index (κ3) is 3.31. The minimum atomic E-state index is -4.52. The molecule has 0 aliphatic rings. The molecule has 4 nitrogen and oxygen atoms in total. The molecule has 0 aliphatic carbocycles. The van der Waals surface area contributed by atoms with Crippen molar-refractivity contribution in [2.45, 2.75) is 13.3 Å². The Balaban J connectivity index is 2.95. The average Bonchev–Trinajstić information content (AvgIpc) is 2.06. The highest BCUT2D eigenvalue weighted by Gasteiger charge is 2.17. The molecule has 0 bridgehead atoms. The third-order valence-electron chi connectivity index (χ3n) is 1.62. The van der Waals surface area contributed by atoms with Gasteiger partial charge in [0, 0.05) is 0 Å². The van der Waals surface area contributed by atoms with E-state index in [9.17, 15) is 4.57 Å². The second-order valence-electron chi connectivity index (χ2n) is 2.70. The van der Waals surface area contributed by atoms with Crippen LogP contribution in [0.4, 0.5) is 0 Å². The van der Waals surface area contributed by atoms with Gasteiger partial charge in [0.15, 0.2) is 0 Å². The van der Waals surface area contributed by atoms with Crippen molar-refractivity contribution in [1.82, 2.24) is 0 Å². The maximum absolute atomic E-state index is 10.5. The van der Waals surface area contributed by atoms with Gasteiger partial charge < -0.3 is 4.52 Å². The van der Waals surface area contributed by atoms with Crippen molar-refractivity contribution >= 4 is 19.4 Å². The first-order valence-corrected chi connectivity index (χ1v) is 5.87. The van der Waals surface area contributed by atoms with Crippen molar-refractivity contribution < 1.29 is 18.9 Å². The first kappa shape index (κ1) is 11.5. The number of halogens is 1. The number of benzene rings is 1. The van der Waals surface area contributed by atoms with Gasteiger partial charge in [0.05, 0.1) is 5.02 Å². The molecular weight excluding hydrogens is 227 g/mol. The van der Waals surface area contributed by atoms with Crippen LogP contribution in [0, 0.1) is 0 Å². The molecule has 0 saturated carbocycles. The van der Waals surface area contributed by atoms with E-state index >= 15 is 0 Å². The maximum atomic E-state index is 10.5. The lowest BCUT2D eigenvalue weighted by Gasteiger charge is -2.08. The fourth-order valence-electron chi connectivity index (χ4n) is 0.966. The first-order valence-electron chi connectivity index (χ1n) is 3.96. The lowest BCUT2D eigenvalue weighted by molar-refractivity contribution is 0.283. The molecule has 6 heteroatoms. The fraction of sp³-hybridized carbons (Fsp3) is 0.250. The van der Waals surface area contributed by atoms with E-state index in [1.54, 1.807) is 12.1 Å². The van der Waals surface area contributed by atoms with Crippen LogP contribution in [-0.4, -0.2) is 9.79 Å². The molecule has 1 aromatic rings. The Morgan fingerprint density at radius 2 is 2.14 bits per heavy atom. The number of hydrogen-bond donors (Lipinski definition) is 2. The van der Waals surface area contributed by atoms with E-state index in [0.717, 1.165) is 12.0 Å². The minimum absolute atomic E-state index is 0.00259. The van der Waals surface area contributed by atoms with Crippen LogP contribution in [0.5, 0.6) is 5.75 Å². The van der Waals surface area contributed by atoms with Crippen molar-refractivity contribution in [3.05, 3.63) is 28.8 Å². The lowest BCUT2D eigenvalue weighted by Crippen LogP contribution is -1.91. The SMILES string of the molecule is CCc1ccc(OP(=O)(O)O)c(Cl)c1. The predicted octanol–water partition coefficient (Wildman–Crippen LogP) is 2.37. The van der Waals surface area contributed by atoms with Crippen LogP contribution in [0.2, 0.25) is 5.02 Å². The minimum Gasteiger partial charge on any atom is -0.403 e. The fourth-order valence-corrected chi connectivity index (χ4v) is 1.68. The average molecular weight is 237 g/mol. The smallest absolute Gasteiger partial charge is 0.403 e. The Morgan fingerprint density at radius 3 is 2.57 bits per heavy atom. The monoisotopic (exact) mass is 236 g/mol. The second-order valence-corrected chi connectivity index (χ2v) is 4.27. The van der Waals surface area contributed by atoms with Crippen molar-refractivity contribution in [2.75, 3.05) is 0 Å². The van der Waals surface area contributed by atoms with Gasteiger partial charge in [-0.2, -0.15) is 0 Å². The van der Waals surface area contributed by atoms with Gasteiger partial charge in [-0.3, -0.25) is 9.79 Å². The molecular formula is C8H10ClO4P. The van der Waals surface area contributed by atoms with Gasteiger partial charge in [-0.25, -0.2) is 4.57 Å². The Hall–Kier alpha value is -0.540. The molecule has 0 unspecified atom stereocenters. The quantitative estimate of drug-likeness (QED) is 0.791. The predicted molar refractivity (Wildman–Crippen MR) is 53.5 cm³/mol. The van der Waals surface area contributed by atoms with E-state index in [0.29, 0.717) is 0 Å². The number of hydrogen-bond acceptors (Lipinski definition) is 2. The molecule has 0 radical (unpaired) electrons. The van der Waals surface area contributed by atoms with E-state index in [1.807, 2.05) is 6.92 Å². The van der Waals surface area contributed by atoms with Gasteiger partial charge in [-0.1, -0.05) is 24.6 Å². The zero-order valence-corrected chi connectivity index (χ0v) is 9.13. The normalized spacial score (nSPS) is 11.4. The summed E-state index contributed by atoms with van der Waals surface area (Å²) in [5.74, 6) is -0.00259. The molecule has 1 aromatic carbocycles. The molecule has 0 saturated heterocycles. The molecule has 0 aromatic heterocycles.